The highest BCUT2D eigenvalue weighted by Gasteiger charge is 2.20. The molecular formula is C19H19BrO2. The molecule has 0 saturated carbocycles. The molecule has 3 heteroatoms. The maximum atomic E-state index is 11.5. The molecule has 0 spiro atoms. The summed E-state index contributed by atoms with van der Waals surface area (Å²) >= 11 is 3.59. The number of ether oxygens (including phenoxy) is 1. The Morgan fingerprint density at radius 1 is 1.23 bits per heavy atom. The van der Waals surface area contributed by atoms with Crippen molar-refractivity contribution in [3.8, 4) is 0 Å². The van der Waals surface area contributed by atoms with E-state index in [9.17, 15) is 4.79 Å². The highest BCUT2D eigenvalue weighted by atomic mass is 79.9. The molecule has 1 atom stereocenters. The molecule has 2 aromatic carbocycles. The first-order valence-corrected chi connectivity index (χ1v) is 8.42. The number of carbonyl (C=O) groups excluding carboxylic acids is 1. The molecule has 0 heterocycles. The number of methoxy groups -OCH3 is 1. The van der Waals surface area contributed by atoms with Gasteiger partial charge in [0.2, 0.25) is 0 Å². The van der Waals surface area contributed by atoms with Crippen molar-refractivity contribution in [2.75, 3.05) is 7.11 Å². The molecule has 1 aliphatic rings. The second-order valence-electron chi connectivity index (χ2n) is 5.82. The minimum Gasteiger partial charge on any atom is -0.465 e. The summed E-state index contributed by atoms with van der Waals surface area (Å²) in [5.74, 6) is 0.281. The van der Waals surface area contributed by atoms with Crippen LogP contribution in [0.25, 0.3) is 0 Å². The zero-order valence-corrected chi connectivity index (χ0v) is 14.2. The number of carbonyl (C=O) groups is 1. The highest BCUT2D eigenvalue weighted by molar-refractivity contribution is 9.10. The first kappa shape index (κ1) is 15.3. The average Bonchev–Trinajstić information content (AvgIpc) is 2.55. The number of hydrogen-bond donors (Lipinski definition) is 0. The number of esters is 1. The molecule has 0 aromatic heterocycles. The Morgan fingerprint density at radius 3 is 2.73 bits per heavy atom. The van der Waals surface area contributed by atoms with Crippen molar-refractivity contribution < 1.29 is 9.53 Å². The molecule has 0 N–H and O–H groups in total. The molecule has 0 saturated heterocycles. The minimum absolute atomic E-state index is 0.279. The van der Waals surface area contributed by atoms with Crippen LogP contribution in [0, 0.1) is 0 Å². The molecule has 0 bridgehead atoms. The van der Waals surface area contributed by atoms with E-state index in [2.05, 4.69) is 34.1 Å². The second-order valence-corrected chi connectivity index (χ2v) is 6.74. The standard InChI is InChI=1S/C19H19BrO2/c1-22-19(21)15-7-5-13(6-8-15)11-16-4-2-3-14-9-10-17(20)12-18(14)16/h5-10,12,16H,2-4,11H2,1H3. The van der Waals surface area contributed by atoms with Gasteiger partial charge in [-0.1, -0.05) is 34.1 Å². The van der Waals surface area contributed by atoms with E-state index >= 15 is 0 Å². The van der Waals surface area contributed by atoms with Gasteiger partial charge in [-0.05, 0) is 72.6 Å². The zero-order valence-electron chi connectivity index (χ0n) is 12.6. The van der Waals surface area contributed by atoms with E-state index in [1.807, 2.05) is 24.3 Å². The Labute approximate surface area is 139 Å². The molecule has 2 aromatic rings. The van der Waals surface area contributed by atoms with Gasteiger partial charge in [0.1, 0.15) is 0 Å². The van der Waals surface area contributed by atoms with Gasteiger partial charge in [-0.15, -0.1) is 0 Å². The van der Waals surface area contributed by atoms with Gasteiger partial charge in [-0.2, -0.15) is 0 Å². The van der Waals surface area contributed by atoms with E-state index in [0.717, 1.165) is 10.9 Å². The fourth-order valence-electron chi connectivity index (χ4n) is 3.26. The molecule has 2 nitrogen and oxygen atoms in total. The van der Waals surface area contributed by atoms with Crippen molar-refractivity contribution in [1.82, 2.24) is 0 Å². The summed E-state index contributed by atoms with van der Waals surface area (Å²) in [7, 11) is 1.41. The minimum atomic E-state index is -0.279. The van der Waals surface area contributed by atoms with Crippen LogP contribution in [0.1, 0.15) is 45.8 Å². The van der Waals surface area contributed by atoms with Crippen LogP contribution in [0.15, 0.2) is 46.9 Å². The number of rotatable bonds is 3. The summed E-state index contributed by atoms with van der Waals surface area (Å²) in [6, 6.07) is 14.4. The number of benzene rings is 2. The zero-order chi connectivity index (χ0) is 15.5. The van der Waals surface area contributed by atoms with Gasteiger partial charge in [0.25, 0.3) is 0 Å². The van der Waals surface area contributed by atoms with Crippen molar-refractivity contribution in [3.05, 3.63) is 69.2 Å². The van der Waals surface area contributed by atoms with Crippen LogP contribution in [0.3, 0.4) is 0 Å². The van der Waals surface area contributed by atoms with Crippen LogP contribution in [-0.4, -0.2) is 13.1 Å². The Hall–Kier alpha value is -1.61. The van der Waals surface area contributed by atoms with E-state index in [1.54, 1.807) is 0 Å². The van der Waals surface area contributed by atoms with Gasteiger partial charge >= 0.3 is 5.97 Å². The van der Waals surface area contributed by atoms with Crippen LogP contribution in [0.4, 0.5) is 0 Å². The van der Waals surface area contributed by atoms with Crippen molar-refractivity contribution in [2.24, 2.45) is 0 Å². The highest BCUT2D eigenvalue weighted by Crippen LogP contribution is 2.35. The van der Waals surface area contributed by atoms with Crippen molar-refractivity contribution in [2.45, 2.75) is 31.6 Å². The summed E-state index contributed by atoms with van der Waals surface area (Å²) < 4.78 is 5.89. The molecule has 3 rings (SSSR count). The maximum absolute atomic E-state index is 11.5. The molecule has 0 radical (unpaired) electrons. The summed E-state index contributed by atoms with van der Waals surface area (Å²) in [6.07, 6.45) is 4.67. The van der Waals surface area contributed by atoms with Crippen LogP contribution in [0.5, 0.6) is 0 Å². The van der Waals surface area contributed by atoms with Gasteiger partial charge in [0.15, 0.2) is 0 Å². The van der Waals surface area contributed by atoms with Crippen molar-refractivity contribution in [1.29, 1.82) is 0 Å². The number of fused-ring (bicyclic) bond motifs is 1. The Kier molecular flexibility index (Phi) is 4.63. The quantitative estimate of drug-likeness (QED) is 0.729. The van der Waals surface area contributed by atoms with Crippen LogP contribution >= 0.6 is 15.9 Å². The maximum Gasteiger partial charge on any atom is 0.337 e. The van der Waals surface area contributed by atoms with Crippen molar-refractivity contribution in [3.63, 3.8) is 0 Å². The van der Waals surface area contributed by atoms with Crippen LogP contribution < -0.4 is 0 Å². The van der Waals surface area contributed by atoms with Gasteiger partial charge in [0.05, 0.1) is 12.7 Å². The largest absolute Gasteiger partial charge is 0.465 e. The molecular weight excluding hydrogens is 340 g/mol. The fraction of sp³-hybridized carbons (Fsp3) is 0.316. The number of aryl methyl sites for hydroxylation is 1. The molecule has 0 aliphatic heterocycles. The lowest BCUT2D eigenvalue weighted by molar-refractivity contribution is 0.0600. The molecule has 1 aliphatic carbocycles. The summed E-state index contributed by atoms with van der Waals surface area (Å²) in [6.45, 7) is 0. The van der Waals surface area contributed by atoms with Crippen LogP contribution in [0.2, 0.25) is 0 Å². The van der Waals surface area contributed by atoms with Gasteiger partial charge in [-0.3, -0.25) is 0 Å². The first-order chi connectivity index (χ1) is 10.7. The lowest BCUT2D eigenvalue weighted by Gasteiger charge is -2.26. The Morgan fingerprint density at radius 2 is 2.00 bits per heavy atom. The SMILES string of the molecule is COC(=O)c1ccc(CC2CCCc3ccc(Br)cc32)cc1. The van der Waals surface area contributed by atoms with E-state index in [1.165, 1.54) is 43.1 Å². The normalized spacial score (nSPS) is 16.9. The topological polar surface area (TPSA) is 26.3 Å². The average molecular weight is 359 g/mol. The number of halogens is 1. The Bertz CT molecular complexity index is 676. The lowest BCUT2D eigenvalue weighted by atomic mass is 9.79. The third-order valence-electron chi connectivity index (χ3n) is 4.40. The fourth-order valence-corrected chi connectivity index (χ4v) is 3.64. The van der Waals surface area contributed by atoms with E-state index < -0.39 is 0 Å². The van der Waals surface area contributed by atoms with Gasteiger partial charge in [0, 0.05) is 4.47 Å². The summed E-state index contributed by atoms with van der Waals surface area (Å²) in [5.41, 5.74) is 4.83. The van der Waals surface area contributed by atoms with E-state index in [4.69, 9.17) is 4.74 Å². The molecule has 114 valence electrons. The van der Waals surface area contributed by atoms with Gasteiger partial charge < -0.3 is 4.74 Å². The predicted molar refractivity (Wildman–Crippen MR) is 91.3 cm³/mol. The Balaban J connectivity index is 1.80. The second kappa shape index (κ2) is 6.66. The lowest BCUT2D eigenvalue weighted by Crippen LogP contribution is -2.12. The van der Waals surface area contributed by atoms with Gasteiger partial charge in [-0.25, -0.2) is 4.79 Å². The molecule has 0 amide bonds. The summed E-state index contributed by atoms with van der Waals surface area (Å²) in [5, 5.41) is 0. The number of hydrogen-bond acceptors (Lipinski definition) is 2. The monoisotopic (exact) mass is 358 g/mol. The molecule has 1 unspecified atom stereocenters. The third kappa shape index (κ3) is 3.25. The van der Waals surface area contributed by atoms with Crippen molar-refractivity contribution >= 4 is 21.9 Å². The molecule has 0 fully saturated rings. The van der Waals surface area contributed by atoms with E-state index in [0.29, 0.717) is 11.5 Å². The van der Waals surface area contributed by atoms with Crippen LogP contribution in [-0.2, 0) is 17.6 Å². The summed E-state index contributed by atoms with van der Waals surface area (Å²) in [4.78, 5) is 11.5. The molecule has 22 heavy (non-hydrogen) atoms. The third-order valence-corrected chi connectivity index (χ3v) is 4.90. The first-order valence-electron chi connectivity index (χ1n) is 7.63. The van der Waals surface area contributed by atoms with E-state index in [-0.39, 0.29) is 5.97 Å². The smallest absolute Gasteiger partial charge is 0.337 e. The predicted octanol–water partition coefficient (Wildman–Crippen LogP) is 4.90.